The molecule has 0 unspecified atom stereocenters. The lowest BCUT2D eigenvalue weighted by molar-refractivity contribution is 0.416. The number of rotatable bonds is 4. The number of nitrogens with zero attached hydrogens (tertiary/aromatic N) is 5. The molecule has 0 amide bonds. The van der Waals surface area contributed by atoms with E-state index in [-0.39, 0.29) is 0 Å². The maximum atomic E-state index is 9.20. The smallest absolute Gasteiger partial charge is 0.227 e. The molecule has 0 saturated heterocycles. The van der Waals surface area contributed by atoms with E-state index < -0.39 is 5.54 Å². The zero-order chi connectivity index (χ0) is 15.9. The van der Waals surface area contributed by atoms with Crippen molar-refractivity contribution in [1.29, 1.82) is 5.26 Å². The molecule has 0 aliphatic heterocycles. The second-order valence-electron chi connectivity index (χ2n) is 6.07. The molecule has 1 saturated carbocycles. The third-order valence-corrected chi connectivity index (χ3v) is 4.02. The Morgan fingerprint density at radius 2 is 2.18 bits per heavy atom. The predicted molar refractivity (Wildman–Crippen MR) is 84.2 cm³/mol. The number of hydrogen-bond donors (Lipinski definition) is 1. The lowest BCUT2D eigenvalue weighted by Gasteiger charge is -2.15. The number of nitrogens with one attached hydrogen (secondary N) is 1. The third kappa shape index (κ3) is 2.77. The van der Waals surface area contributed by atoms with Crippen molar-refractivity contribution in [2.75, 3.05) is 5.32 Å². The Morgan fingerprint density at radius 1 is 1.45 bits per heavy atom. The number of aryl methyl sites for hydroxylation is 1. The van der Waals surface area contributed by atoms with Gasteiger partial charge in [-0.3, -0.25) is 4.68 Å². The molecule has 22 heavy (non-hydrogen) atoms. The topological polar surface area (TPSA) is 79.4 Å². The van der Waals surface area contributed by atoms with E-state index in [4.69, 9.17) is 11.6 Å². The molecule has 6 nitrogen and oxygen atoms in total. The van der Waals surface area contributed by atoms with Crippen LogP contribution in [0.2, 0.25) is 5.02 Å². The van der Waals surface area contributed by atoms with Crippen LogP contribution in [0.25, 0.3) is 0 Å². The molecule has 2 aromatic heterocycles. The van der Waals surface area contributed by atoms with E-state index in [1.807, 2.05) is 20.8 Å². The minimum absolute atomic E-state index is 0.456. The Kier molecular flexibility index (Phi) is 3.53. The molecule has 0 bridgehead atoms. The lowest BCUT2D eigenvalue weighted by atomic mass is 10.1. The van der Waals surface area contributed by atoms with Crippen LogP contribution in [0.15, 0.2) is 12.4 Å². The Balaban J connectivity index is 1.88. The maximum Gasteiger partial charge on any atom is 0.227 e. The molecule has 0 spiro atoms. The van der Waals surface area contributed by atoms with Crippen molar-refractivity contribution in [2.45, 2.75) is 45.1 Å². The number of halogens is 1. The first kappa shape index (κ1) is 14.8. The first-order valence-electron chi connectivity index (χ1n) is 7.18. The summed E-state index contributed by atoms with van der Waals surface area (Å²) in [5.74, 6) is 0.959. The average molecular weight is 317 g/mol. The Hall–Kier alpha value is -2.13. The van der Waals surface area contributed by atoms with Crippen LogP contribution < -0.4 is 5.32 Å². The van der Waals surface area contributed by atoms with E-state index in [1.54, 1.807) is 17.1 Å². The fourth-order valence-corrected chi connectivity index (χ4v) is 2.37. The summed E-state index contributed by atoms with van der Waals surface area (Å²) in [6, 6.07) is 2.23. The summed E-state index contributed by atoms with van der Waals surface area (Å²) in [7, 11) is 0. The van der Waals surface area contributed by atoms with Crippen LogP contribution >= 0.6 is 11.6 Å². The van der Waals surface area contributed by atoms with Crippen molar-refractivity contribution in [1.82, 2.24) is 19.7 Å². The van der Waals surface area contributed by atoms with Gasteiger partial charge in [-0.25, -0.2) is 9.97 Å². The molecule has 2 aromatic rings. The molecule has 0 atom stereocenters. The van der Waals surface area contributed by atoms with E-state index in [0.29, 0.717) is 16.9 Å². The second-order valence-corrected chi connectivity index (χ2v) is 6.48. The van der Waals surface area contributed by atoms with Crippen molar-refractivity contribution >= 4 is 23.2 Å². The predicted octanol–water partition coefficient (Wildman–Crippen LogP) is 3.51. The quantitative estimate of drug-likeness (QED) is 0.933. The summed E-state index contributed by atoms with van der Waals surface area (Å²) >= 11 is 6.14. The van der Waals surface area contributed by atoms with Gasteiger partial charge < -0.3 is 5.32 Å². The van der Waals surface area contributed by atoms with Gasteiger partial charge in [-0.1, -0.05) is 11.6 Å². The molecule has 1 aliphatic carbocycles. The van der Waals surface area contributed by atoms with Gasteiger partial charge in [0, 0.05) is 5.92 Å². The van der Waals surface area contributed by atoms with Crippen molar-refractivity contribution < 1.29 is 0 Å². The molecule has 0 aromatic carbocycles. The Morgan fingerprint density at radius 3 is 2.82 bits per heavy atom. The molecule has 1 aliphatic rings. The van der Waals surface area contributed by atoms with Crippen molar-refractivity contribution in [3.63, 3.8) is 0 Å². The maximum absolute atomic E-state index is 9.20. The van der Waals surface area contributed by atoms with E-state index in [9.17, 15) is 5.26 Å². The van der Waals surface area contributed by atoms with Gasteiger partial charge in [0.15, 0.2) is 0 Å². The van der Waals surface area contributed by atoms with Crippen LogP contribution in [0.3, 0.4) is 0 Å². The largest absolute Gasteiger partial charge is 0.321 e. The number of nitriles is 1. The fourth-order valence-electron chi connectivity index (χ4n) is 2.12. The molecular formula is C15H17ClN6. The first-order chi connectivity index (χ1) is 10.4. The summed E-state index contributed by atoms with van der Waals surface area (Å²) in [5.41, 5.74) is 1.77. The van der Waals surface area contributed by atoms with Crippen LogP contribution in [0.5, 0.6) is 0 Å². The van der Waals surface area contributed by atoms with Gasteiger partial charge in [-0.05, 0) is 33.6 Å². The second kappa shape index (κ2) is 5.25. The number of hydrogen-bond acceptors (Lipinski definition) is 5. The number of anilines is 2. The van der Waals surface area contributed by atoms with E-state index in [2.05, 4.69) is 26.5 Å². The van der Waals surface area contributed by atoms with Gasteiger partial charge in [-0.2, -0.15) is 10.4 Å². The van der Waals surface area contributed by atoms with Gasteiger partial charge >= 0.3 is 0 Å². The van der Waals surface area contributed by atoms with Crippen LogP contribution in [0.1, 0.15) is 44.0 Å². The lowest BCUT2D eigenvalue weighted by Crippen LogP contribution is -2.24. The summed E-state index contributed by atoms with van der Waals surface area (Å²) in [4.78, 5) is 8.73. The third-order valence-electron chi connectivity index (χ3n) is 3.73. The Bertz CT molecular complexity index is 754. The van der Waals surface area contributed by atoms with Gasteiger partial charge in [0.2, 0.25) is 5.95 Å². The van der Waals surface area contributed by atoms with Crippen LogP contribution in [0, 0.1) is 18.3 Å². The SMILES string of the molecule is Cc1nn(C(C)(C)C#N)cc1Nc1ncc(Cl)c(C2CC2)n1. The normalized spacial score (nSPS) is 14.7. The molecule has 0 radical (unpaired) electrons. The molecule has 114 valence electrons. The molecule has 3 rings (SSSR count). The highest BCUT2D eigenvalue weighted by molar-refractivity contribution is 6.31. The van der Waals surface area contributed by atoms with E-state index >= 15 is 0 Å². The molecule has 1 N–H and O–H groups in total. The highest BCUT2D eigenvalue weighted by Crippen LogP contribution is 2.42. The minimum Gasteiger partial charge on any atom is -0.321 e. The number of aromatic nitrogens is 4. The van der Waals surface area contributed by atoms with Gasteiger partial charge in [-0.15, -0.1) is 0 Å². The Labute approximate surface area is 134 Å². The van der Waals surface area contributed by atoms with Crippen LogP contribution in [-0.2, 0) is 5.54 Å². The molecule has 2 heterocycles. The molecule has 1 fully saturated rings. The van der Waals surface area contributed by atoms with Crippen LogP contribution in [-0.4, -0.2) is 19.7 Å². The highest BCUT2D eigenvalue weighted by atomic mass is 35.5. The van der Waals surface area contributed by atoms with E-state index in [1.165, 1.54) is 0 Å². The monoisotopic (exact) mass is 316 g/mol. The molecule has 7 heteroatoms. The minimum atomic E-state index is -0.704. The standard InChI is InChI=1S/C15H17ClN6/c1-9-12(7-22(21-9)15(2,3)8-17)19-14-18-6-11(16)13(20-14)10-4-5-10/h6-7,10H,4-5H2,1-3H3,(H,18,19,20). The van der Waals surface area contributed by atoms with E-state index in [0.717, 1.165) is 29.9 Å². The summed E-state index contributed by atoms with van der Waals surface area (Å²) in [6.45, 7) is 5.50. The summed E-state index contributed by atoms with van der Waals surface area (Å²) in [5, 5.41) is 17.4. The van der Waals surface area contributed by atoms with Gasteiger partial charge in [0.25, 0.3) is 0 Å². The summed E-state index contributed by atoms with van der Waals surface area (Å²) in [6.07, 6.45) is 5.68. The van der Waals surface area contributed by atoms with Crippen molar-refractivity contribution in [3.8, 4) is 6.07 Å². The van der Waals surface area contributed by atoms with Gasteiger partial charge in [0.1, 0.15) is 5.54 Å². The first-order valence-corrected chi connectivity index (χ1v) is 7.56. The van der Waals surface area contributed by atoms with Crippen molar-refractivity contribution in [3.05, 3.63) is 28.8 Å². The average Bonchev–Trinajstić information content (AvgIpc) is 3.26. The van der Waals surface area contributed by atoms with Crippen molar-refractivity contribution in [2.24, 2.45) is 0 Å². The van der Waals surface area contributed by atoms with Crippen LogP contribution in [0.4, 0.5) is 11.6 Å². The highest BCUT2D eigenvalue weighted by Gasteiger charge is 2.28. The molecular weight excluding hydrogens is 300 g/mol. The fraction of sp³-hybridized carbons (Fsp3) is 0.467. The zero-order valence-electron chi connectivity index (χ0n) is 12.8. The summed E-state index contributed by atoms with van der Waals surface area (Å²) < 4.78 is 1.64. The van der Waals surface area contributed by atoms with Gasteiger partial charge in [0.05, 0.1) is 40.6 Å². The zero-order valence-corrected chi connectivity index (χ0v) is 13.5.